The first-order chi connectivity index (χ1) is 13.3. The summed E-state index contributed by atoms with van der Waals surface area (Å²) in [6, 6.07) is 12.6. The maximum Gasteiger partial charge on any atom is 0.294 e. The summed E-state index contributed by atoms with van der Waals surface area (Å²) in [4.78, 5) is 36.5. The first-order valence-electron chi connectivity index (χ1n) is 8.04. The number of primary amides is 1. The molecule has 0 radical (unpaired) electrons. The van der Waals surface area contributed by atoms with E-state index in [9.17, 15) is 14.4 Å². The lowest BCUT2D eigenvalue weighted by molar-refractivity contribution is -0.127. The predicted molar refractivity (Wildman–Crippen MR) is 112 cm³/mol. The minimum Gasteiger partial charge on any atom is -0.488 e. The van der Waals surface area contributed by atoms with Crippen molar-refractivity contribution in [1.29, 1.82) is 0 Å². The zero-order valence-corrected chi connectivity index (χ0v) is 17.5. The van der Waals surface area contributed by atoms with Gasteiger partial charge in [-0.1, -0.05) is 45.7 Å². The fraction of sp³-hybridized carbons (Fsp3) is 0.105. The quantitative estimate of drug-likeness (QED) is 0.625. The van der Waals surface area contributed by atoms with Crippen molar-refractivity contribution in [2.24, 2.45) is 5.73 Å². The third kappa shape index (κ3) is 4.76. The molecular weight excluding hydrogens is 468 g/mol. The highest BCUT2D eigenvalue weighted by atomic mass is 79.9. The van der Waals surface area contributed by atoms with Crippen LogP contribution in [-0.2, 0) is 16.2 Å². The van der Waals surface area contributed by atoms with E-state index in [0.717, 1.165) is 26.7 Å². The first-order valence-corrected chi connectivity index (χ1v) is 10.0. The van der Waals surface area contributed by atoms with Crippen LogP contribution in [0.5, 0.6) is 5.75 Å². The molecule has 0 atom stereocenters. The molecule has 6 nitrogen and oxygen atoms in total. The van der Waals surface area contributed by atoms with Crippen LogP contribution in [-0.4, -0.2) is 28.5 Å². The normalized spacial score (nSPS) is 15.4. The van der Waals surface area contributed by atoms with E-state index < -0.39 is 23.6 Å². The van der Waals surface area contributed by atoms with Gasteiger partial charge >= 0.3 is 0 Å². The van der Waals surface area contributed by atoms with E-state index in [1.807, 2.05) is 18.2 Å². The first kappa shape index (κ1) is 20.4. The largest absolute Gasteiger partial charge is 0.488 e. The fourth-order valence-electron chi connectivity index (χ4n) is 2.47. The number of amides is 3. The van der Waals surface area contributed by atoms with Gasteiger partial charge in [-0.3, -0.25) is 19.3 Å². The number of hydrogen-bond donors (Lipinski definition) is 1. The molecule has 1 heterocycles. The highest BCUT2D eigenvalue weighted by Crippen LogP contribution is 2.35. The summed E-state index contributed by atoms with van der Waals surface area (Å²) in [6.07, 6.45) is 1.55. The van der Waals surface area contributed by atoms with Crippen LogP contribution in [0.2, 0.25) is 5.02 Å². The number of nitrogens with two attached hydrogens (primary N) is 1. The highest BCUT2D eigenvalue weighted by Gasteiger charge is 2.36. The Labute approximate surface area is 178 Å². The van der Waals surface area contributed by atoms with Crippen molar-refractivity contribution >= 4 is 62.4 Å². The van der Waals surface area contributed by atoms with Gasteiger partial charge in [0.1, 0.15) is 18.9 Å². The summed E-state index contributed by atoms with van der Waals surface area (Å²) in [7, 11) is 0. The number of benzene rings is 2. The molecule has 9 heteroatoms. The Balaban J connectivity index is 1.86. The predicted octanol–water partition coefficient (Wildman–Crippen LogP) is 4.20. The average molecular weight is 482 g/mol. The SMILES string of the molecule is NC(=O)CN1C(=O)S/C(=C\c2cc(Br)ccc2OCc2ccccc2Cl)C1=O. The van der Waals surface area contributed by atoms with Gasteiger partial charge in [0.05, 0.1) is 4.91 Å². The maximum absolute atomic E-state index is 12.4. The van der Waals surface area contributed by atoms with E-state index in [2.05, 4.69) is 15.9 Å². The molecular formula is C19H14BrClN2O4S. The molecule has 0 aliphatic carbocycles. The summed E-state index contributed by atoms with van der Waals surface area (Å²) in [6.45, 7) is -0.207. The van der Waals surface area contributed by atoms with E-state index in [0.29, 0.717) is 16.3 Å². The molecule has 1 fully saturated rings. The second kappa shape index (κ2) is 8.81. The number of rotatable bonds is 6. The molecule has 2 N–H and O–H groups in total. The molecule has 0 saturated carbocycles. The zero-order chi connectivity index (χ0) is 20.3. The van der Waals surface area contributed by atoms with Crippen LogP contribution in [0.3, 0.4) is 0 Å². The van der Waals surface area contributed by atoms with Crippen molar-refractivity contribution in [3.8, 4) is 5.75 Å². The van der Waals surface area contributed by atoms with Gasteiger partial charge in [-0.25, -0.2) is 0 Å². The maximum atomic E-state index is 12.4. The lowest BCUT2D eigenvalue weighted by Crippen LogP contribution is -2.36. The molecule has 3 rings (SSSR count). The smallest absolute Gasteiger partial charge is 0.294 e. The third-order valence-electron chi connectivity index (χ3n) is 3.79. The number of ether oxygens (including phenoxy) is 1. The van der Waals surface area contributed by atoms with Crippen LogP contribution >= 0.6 is 39.3 Å². The Bertz CT molecular complexity index is 996. The summed E-state index contributed by atoms with van der Waals surface area (Å²) in [5.74, 6) is -0.801. The molecule has 2 aromatic rings. The van der Waals surface area contributed by atoms with Crippen molar-refractivity contribution in [3.63, 3.8) is 0 Å². The van der Waals surface area contributed by atoms with Gasteiger partial charge in [0.2, 0.25) is 5.91 Å². The molecule has 0 unspecified atom stereocenters. The topological polar surface area (TPSA) is 89.7 Å². The fourth-order valence-corrected chi connectivity index (χ4v) is 3.87. The lowest BCUT2D eigenvalue weighted by atomic mass is 10.1. The Kier molecular flexibility index (Phi) is 6.43. The van der Waals surface area contributed by atoms with Crippen molar-refractivity contribution in [3.05, 3.63) is 68.0 Å². The van der Waals surface area contributed by atoms with Crippen LogP contribution in [0.1, 0.15) is 11.1 Å². The minimum absolute atomic E-state index is 0.187. The van der Waals surface area contributed by atoms with Crippen LogP contribution < -0.4 is 10.5 Å². The van der Waals surface area contributed by atoms with E-state index in [4.69, 9.17) is 22.1 Å². The second-order valence-corrected chi connectivity index (χ2v) is 8.11. The van der Waals surface area contributed by atoms with Crippen molar-refractivity contribution in [2.45, 2.75) is 6.61 Å². The van der Waals surface area contributed by atoms with E-state index in [1.165, 1.54) is 0 Å². The Hall–Kier alpha value is -2.29. The number of halogens is 2. The molecule has 1 saturated heterocycles. The number of nitrogens with zero attached hydrogens (tertiary/aromatic N) is 1. The Morgan fingerprint density at radius 2 is 2.00 bits per heavy atom. The molecule has 1 aliphatic rings. The molecule has 3 amide bonds. The standard InChI is InChI=1S/C19H14BrClN2O4S/c20-13-5-6-15(27-10-11-3-1-2-4-14(11)21)12(7-13)8-16-18(25)23(9-17(22)24)19(26)28-16/h1-8H,9-10H2,(H2,22,24)/b16-8-. The molecule has 144 valence electrons. The van der Waals surface area contributed by atoms with Crippen LogP contribution in [0, 0.1) is 0 Å². The molecule has 28 heavy (non-hydrogen) atoms. The van der Waals surface area contributed by atoms with E-state index >= 15 is 0 Å². The summed E-state index contributed by atoms with van der Waals surface area (Å²) in [5.41, 5.74) is 6.52. The molecule has 0 spiro atoms. The second-order valence-electron chi connectivity index (χ2n) is 5.80. The van der Waals surface area contributed by atoms with Crippen LogP contribution in [0.4, 0.5) is 4.79 Å². The Morgan fingerprint density at radius 1 is 1.25 bits per heavy atom. The zero-order valence-electron chi connectivity index (χ0n) is 14.4. The van der Waals surface area contributed by atoms with Crippen LogP contribution in [0.25, 0.3) is 6.08 Å². The van der Waals surface area contributed by atoms with Gasteiger partial charge in [-0.05, 0) is 42.1 Å². The molecule has 1 aliphatic heterocycles. The van der Waals surface area contributed by atoms with Gasteiger partial charge in [0.15, 0.2) is 0 Å². The molecule has 0 aromatic heterocycles. The number of hydrogen-bond acceptors (Lipinski definition) is 5. The highest BCUT2D eigenvalue weighted by molar-refractivity contribution is 9.10. The van der Waals surface area contributed by atoms with Crippen LogP contribution in [0.15, 0.2) is 51.8 Å². The van der Waals surface area contributed by atoms with E-state index in [-0.39, 0.29) is 11.5 Å². The third-order valence-corrected chi connectivity index (χ3v) is 5.56. The Morgan fingerprint density at radius 3 is 2.71 bits per heavy atom. The van der Waals surface area contributed by atoms with Crippen molar-refractivity contribution < 1.29 is 19.1 Å². The average Bonchev–Trinajstić information content (AvgIpc) is 2.89. The summed E-state index contributed by atoms with van der Waals surface area (Å²) in [5, 5.41) is 0.0531. The van der Waals surface area contributed by atoms with Crippen molar-refractivity contribution in [2.75, 3.05) is 6.54 Å². The van der Waals surface area contributed by atoms with Gasteiger partial charge in [0, 0.05) is 20.6 Å². The number of carbonyl (C=O) groups excluding carboxylic acids is 3. The van der Waals surface area contributed by atoms with Gasteiger partial charge in [-0.2, -0.15) is 0 Å². The molecule has 0 bridgehead atoms. The summed E-state index contributed by atoms with van der Waals surface area (Å²) < 4.78 is 6.66. The number of thioether (sulfide) groups is 1. The van der Waals surface area contributed by atoms with Crippen molar-refractivity contribution in [1.82, 2.24) is 4.90 Å². The number of imide groups is 1. The van der Waals surface area contributed by atoms with Gasteiger partial charge in [0.25, 0.3) is 11.1 Å². The van der Waals surface area contributed by atoms with Gasteiger partial charge in [-0.15, -0.1) is 0 Å². The van der Waals surface area contributed by atoms with E-state index in [1.54, 1.807) is 30.3 Å². The lowest BCUT2D eigenvalue weighted by Gasteiger charge is -2.11. The van der Waals surface area contributed by atoms with Gasteiger partial charge < -0.3 is 10.5 Å². The monoisotopic (exact) mass is 480 g/mol. The minimum atomic E-state index is -0.755. The molecule has 2 aromatic carbocycles. The summed E-state index contributed by atoms with van der Waals surface area (Å²) >= 11 is 10.3. The number of carbonyl (C=O) groups is 3.